The second-order valence-electron chi connectivity index (χ2n) is 10.5. The summed E-state index contributed by atoms with van der Waals surface area (Å²) in [5, 5.41) is 21.8. The Morgan fingerprint density at radius 1 is 0.652 bits per heavy atom. The standard InChI is InChI=1S/C18H32N8O8.C10H14O2/c1-11(27)20-8-22-14(30)33-10-24-13(29)18(5,6)26-25-17(3,4)7-19-15(31)34-16(32)23-9-21-12(2)28;1-11-7-9-3-5-10(6-4-9)8-12-2/h7-10H2,1-6H3,(H,19,31)(H,20,27)(H,21,28)(H,22,30)(H,23,32)(H,24,29);3-6H,7-8H2,1-2H3. The molecule has 1 aromatic rings. The first-order valence-electron chi connectivity index (χ1n) is 13.9. The van der Waals surface area contributed by atoms with Gasteiger partial charge < -0.3 is 50.8 Å². The molecule has 0 aromatic heterocycles. The van der Waals surface area contributed by atoms with Gasteiger partial charge in [0.2, 0.25) is 11.8 Å². The number of carbonyl (C=O) groups is 6. The predicted octanol–water partition coefficient (Wildman–Crippen LogP) is 1.40. The van der Waals surface area contributed by atoms with E-state index in [2.05, 4.69) is 71.1 Å². The largest absolute Gasteiger partial charge is 0.428 e. The van der Waals surface area contributed by atoms with Crippen LogP contribution in [0.5, 0.6) is 0 Å². The third-order valence-electron chi connectivity index (χ3n) is 5.20. The van der Waals surface area contributed by atoms with Crippen LogP contribution in [0.25, 0.3) is 0 Å². The zero-order chi connectivity index (χ0) is 35.2. The van der Waals surface area contributed by atoms with Crippen LogP contribution in [0.1, 0.15) is 52.7 Å². The summed E-state index contributed by atoms with van der Waals surface area (Å²) in [6.07, 6.45) is -2.96. The molecular formula is C28H46N8O10. The van der Waals surface area contributed by atoms with Gasteiger partial charge in [0.15, 0.2) is 12.3 Å². The Bertz CT molecular complexity index is 1150. The Balaban J connectivity index is 0.00000140. The number of nitrogens with zero attached hydrogens (tertiary/aromatic N) is 2. The number of hydrogen-bond acceptors (Lipinski definition) is 12. The van der Waals surface area contributed by atoms with Crippen LogP contribution >= 0.6 is 0 Å². The molecule has 46 heavy (non-hydrogen) atoms. The molecule has 0 radical (unpaired) electrons. The average Bonchev–Trinajstić information content (AvgIpc) is 2.96. The van der Waals surface area contributed by atoms with Crippen molar-refractivity contribution in [2.75, 3.05) is 40.8 Å². The number of rotatable bonds is 15. The topological polar surface area (TPSA) is 236 Å². The second-order valence-corrected chi connectivity index (χ2v) is 10.5. The van der Waals surface area contributed by atoms with Crippen LogP contribution in [0.4, 0.5) is 14.4 Å². The van der Waals surface area contributed by atoms with Crippen LogP contribution in [0.3, 0.4) is 0 Å². The van der Waals surface area contributed by atoms with Crippen molar-refractivity contribution in [2.24, 2.45) is 10.2 Å². The maximum Gasteiger partial charge on any atom is 0.417 e. The van der Waals surface area contributed by atoms with Gasteiger partial charge in [-0.25, -0.2) is 14.4 Å². The first-order valence-corrected chi connectivity index (χ1v) is 13.9. The number of ether oxygens (including phenoxy) is 4. The van der Waals surface area contributed by atoms with E-state index in [0.29, 0.717) is 13.2 Å². The summed E-state index contributed by atoms with van der Waals surface area (Å²) in [5.74, 6) is -1.30. The molecule has 6 amide bonds. The predicted molar refractivity (Wildman–Crippen MR) is 164 cm³/mol. The molecule has 0 bridgehead atoms. The van der Waals surface area contributed by atoms with Crippen molar-refractivity contribution in [1.29, 1.82) is 0 Å². The highest BCUT2D eigenvalue weighted by Gasteiger charge is 2.29. The lowest BCUT2D eigenvalue weighted by Gasteiger charge is -2.22. The van der Waals surface area contributed by atoms with E-state index in [9.17, 15) is 28.8 Å². The number of carbonyl (C=O) groups excluding carboxylic acids is 6. The van der Waals surface area contributed by atoms with Gasteiger partial charge >= 0.3 is 18.3 Å². The molecular weight excluding hydrogens is 608 g/mol. The Morgan fingerprint density at radius 2 is 1.11 bits per heavy atom. The fraction of sp³-hybridized carbons (Fsp3) is 0.571. The molecule has 0 heterocycles. The van der Waals surface area contributed by atoms with E-state index in [0.717, 1.165) is 0 Å². The van der Waals surface area contributed by atoms with Gasteiger partial charge in [0.05, 0.1) is 32.1 Å². The van der Waals surface area contributed by atoms with E-state index in [1.165, 1.54) is 38.8 Å². The van der Waals surface area contributed by atoms with Crippen LogP contribution < -0.4 is 31.9 Å². The molecule has 0 spiro atoms. The molecule has 0 aliphatic rings. The van der Waals surface area contributed by atoms with Crippen LogP contribution in [0.15, 0.2) is 34.5 Å². The summed E-state index contributed by atoms with van der Waals surface area (Å²) >= 11 is 0. The molecule has 0 saturated carbocycles. The Labute approximate surface area is 268 Å². The van der Waals surface area contributed by atoms with E-state index < -0.39 is 42.0 Å². The van der Waals surface area contributed by atoms with E-state index in [1.54, 1.807) is 28.1 Å². The third kappa shape index (κ3) is 21.0. The first kappa shape index (κ1) is 41.2. The number of azo groups is 1. The summed E-state index contributed by atoms with van der Waals surface area (Å²) in [5.41, 5.74) is 0.0792. The lowest BCUT2D eigenvalue weighted by molar-refractivity contribution is -0.126. The number of nitrogens with one attached hydrogen (secondary N) is 6. The zero-order valence-electron chi connectivity index (χ0n) is 27.5. The monoisotopic (exact) mass is 654 g/mol. The molecule has 6 N–H and O–H groups in total. The number of alkyl carbamates (subject to hydrolysis) is 3. The van der Waals surface area contributed by atoms with Gasteiger partial charge in [-0.05, 0) is 38.8 Å². The lowest BCUT2D eigenvalue weighted by atomic mass is 10.1. The first-order chi connectivity index (χ1) is 21.5. The normalized spacial score (nSPS) is 10.9. The molecule has 0 fully saturated rings. The third-order valence-corrected chi connectivity index (χ3v) is 5.20. The van der Waals surface area contributed by atoms with E-state index in [1.807, 2.05) is 0 Å². The number of hydrogen-bond donors (Lipinski definition) is 6. The van der Waals surface area contributed by atoms with Gasteiger partial charge in [0, 0.05) is 34.6 Å². The highest BCUT2D eigenvalue weighted by atomic mass is 16.6. The molecule has 0 aliphatic carbocycles. The minimum absolute atomic E-state index is 0.0798. The summed E-state index contributed by atoms with van der Waals surface area (Å²) in [6, 6.07) is 8.21. The lowest BCUT2D eigenvalue weighted by Crippen LogP contribution is -2.44. The van der Waals surface area contributed by atoms with Gasteiger partial charge in [-0.2, -0.15) is 10.2 Å². The molecule has 18 heteroatoms. The maximum atomic E-state index is 12.3. The Hall–Kier alpha value is -4.84. The van der Waals surface area contributed by atoms with Crippen molar-refractivity contribution in [3.63, 3.8) is 0 Å². The van der Waals surface area contributed by atoms with Crippen molar-refractivity contribution in [3.8, 4) is 0 Å². The van der Waals surface area contributed by atoms with Gasteiger partial charge in [0.1, 0.15) is 0 Å². The fourth-order valence-electron chi connectivity index (χ4n) is 2.77. The molecule has 0 unspecified atom stereocenters. The van der Waals surface area contributed by atoms with Crippen molar-refractivity contribution in [3.05, 3.63) is 35.4 Å². The van der Waals surface area contributed by atoms with Crippen LogP contribution in [0, 0.1) is 0 Å². The van der Waals surface area contributed by atoms with Crippen molar-refractivity contribution in [1.82, 2.24) is 31.9 Å². The van der Waals surface area contributed by atoms with Crippen LogP contribution in [-0.4, -0.2) is 87.9 Å². The van der Waals surface area contributed by atoms with Crippen molar-refractivity contribution >= 4 is 36.0 Å². The quantitative estimate of drug-likeness (QED) is 0.0903. The minimum atomic E-state index is -1.34. The van der Waals surface area contributed by atoms with Gasteiger partial charge in [0.25, 0.3) is 5.91 Å². The van der Waals surface area contributed by atoms with E-state index in [-0.39, 0.29) is 31.7 Å². The van der Waals surface area contributed by atoms with Crippen molar-refractivity contribution in [2.45, 2.75) is 65.8 Å². The van der Waals surface area contributed by atoms with Gasteiger partial charge in [-0.3, -0.25) is 14.4 Å². The van der Waals surface area contributed by atoms with Crippen molar-refractivity contribution < 1.29 is 47.7 Å². The molecule has 0 saturated heterocycles. The van der Waals surface area contributed by atoms with Gasteiger partial charge in [-0.15, -0.1) is 0 Å². The summed E-state index contributed by atoms with van der Waals surface area (Å²) in [6.45, 7) is 9.21. The fourth-order valence-corrected chi connectivity index (χ4v) is 2.77. The van der Waals surface area contributed by atoms with E-state index in [4.69, 9.17) is 14.2 Å². The number of methoxy groups -OCH3 is 2. The smallest absolute Gasteiger partial charge is 0.417 e. The highest BCUT2D eigenvalue weighted by Crippen LogP contribution is 2.15. The Kier molecular flexibility index (Phi) is 19.5. The molecule has 18 nitrogen and oxygen atoms in total. The van der Waals surface area contributed by atoms with E-state index >= 15 is 0 Å². The van der Waals surface area contributed by atoms with Crippen LogP contribution in [-0.2, 0) is 46.5 Å². The maximum absolute atomic E-state index is 12.3. The number of benzene rings is 1. The SMILES string of the molecule is CC(=O)NCNC(=O)OCNC(=O)C(C)(C)N=NC(C)(C)CNC(=O)OC(=O)NCNC(C)=O.COCc1ccc(COC)cc1. The summed E-state index contributed by atoms with van der Waals surface area (Å²) < 4.78 is 19.2. The average molecular weight is 655 g/mol. The molecule has 0 atom stereocenters. The zero-order valence-corrected chi connectivity index (χ0v) is 27.5. The molecule has 0 aliphatic heterocycles. The molecule has 258 valence electrons. The highest BCUT2D eigenvalue weighted by molar-refractivity contribution is 5.85. The molecule has 1 aromatic carbocycles. The summed E-state index contributed by atoms with van der Waals surface area (Å²) in [4.78, 5) is 68.2. The Morgan fingerprint density at radius 3 is 1.57 bits per heavy atom. The second kappa shape index (κ2) is 21.8. The van der Waals surface area contributed by atoms with Gasteiger partial charge in [-0.1, -0.05) is 24.3 Å². The van der Waals surface area contributed by atoms with Crippen LogP contribution in [0.2, 0.25) is 0 Å². The number of amides is 6. The summed E-state index contributed by atoms with van der Waals surface area (Å²) in [7, 11) is 3.39. The minimum Gasteiger partial charge on any atom is -0.428 e. The molecule has 1 rings (SSSR count).